The second kappa shape index (κ2) is 6.58. The van der Waals surface area contributed by atoms with Gasteiger partial charge in [-0.1, -0.05) is 6.07 Å². The molecule has 1 aromatic rings. The molecule has 19 heavy (non-hydrogen) atoms. The second-order valence-electron chi connectivity index (χ2n) is 4.48. The van der Waals surface area contributed by atoms with Crippen molar-refractivity contribution < 1.29 is 8.42 Å². The Morgan fingerprint density at radius 1 is 1.47 bits per heavy atom. The highest BCUT2D eigenvalue weighted by Gasteiger charge is 2.25. The highest BCUT2D eigenvalue weighted by molar-refractivity contribution is 9.10. The van der Waals surface area contributed by atoms with Crippen LogP contribution in [0.2, 0.25) is 0 Å². The van der Waals surface area contributed by atoms with Crippen LogP contribution in [0.3, 0.4) is 0 Å². The molecule has 4 nitrogen and oxygen atoms in total. The fraction of sp³-hybridized carbons (Fsp3) is 0.500. The Hall–Kier alpha value is -0.0800. The van der Waals surface area contributed by atoms with Gasteiger partial charge in [-0.25, -0.2) is 13.1 Å². The smallest absolute Gasteiger partial charge is 0.241 e. The van der Waals surface area contributed by atoms with E-state index in [4.69, 9.17) is 0 Å². The van der Waals surface area contributed by atoms with Crippen LogP contribution < -0.4 is 10.0 Å². The maximum atomic E-state index is 12.4. The van der Waals surface area contributed by atoms with Crippen LogP contribution in [0, 0.1) is 0 Å². The Bertz CT molecular complexity index is 543. The van der Waals surface area contributed by atoms with Gasteiger partial charge in [0.2, 0.25) is 10.0 Å². The summed E-state index contributed by atoms with van der Waals surface area (Å²) in [6.45, 7) is 0.648. The Morgan fingerprint density at radius 3 is 2.89 bits per heavy atom. The molecule has 0 saturated carbocycles. The molecular formula is C12H17BrN2O2S2. The van der Waals surface area contributed by atoms with E-state index in [-0.39, 0.29) is 6.04 Å². The number of hydrogen-bond acceptors (Lipinski definition) is 4. The topological polar surface area (TPSA) is 58.2 Å². The van der Waals surface area contributed by atoms with Gasteiger partial charge in [-0.15, -0.1) is 0 Å². The highest BCUT2D eigenvalue weighted by atomic mass is 79.9. The lowest BCUT2D eigenvalue weighted by atomic mass is 10.2. The van der Waals surface area contributed by atoms with E-state index in [2.05, 4.69) is 26.0 Å². The van der Waals surface area contributed by atoms with Crippen molar-refractivity contribution in [3.05, 3.63) is 28.2 Å². The maximum Gasteiger partial charge on any atom is 0.241 e. The third-order valence-corrected chi connectivity index (χ3v) is 6.59. The molecule has 2 rings (SSSR count). The lowest BCUT2D eigenvalue weighted by Gasteiger charge is -2.14. The molecule has 0 radical (unpaired) electrons. The Labute approximate surface area is 126 Å². The van der Waals surface area contributed by atoms with Gasteiger partial charge in [0.1, 0.15) is 0 Å². The maximum absolute atomic E-state index is 12.4. The molecule has 1 aromatic carbocycles. The average Bonchev–Trinajstić information content (AvgIpc) is 2.84. The fourth-order valence-corrected chi connectivity index (χ4v) is 5.52. The van der Waals surface area contributed by atoms with Crippen LogP contribution in [0.25, 0.3) is 0 Å². The molecule has 1 unspecified atom stereocenters. The molecule has 1 fully saturated rings. The van der Waals surface area contributed by atoms with Crippen molar-refractivity contribution in [3.63, 3.8) is 0 Å². The van der Waals surface area contributed by atoms with Crippen molar-refractivity contribution in [1.29, 1.82) is 0 Å². The van der Waals surface area contributed by atoms with Crippen molar-refractivity contribution in [3.8, 4) is 0 Å². The van der Waals surface area contributed by atoms with E-state index < -0.39 is 10.0 Å². The van der Waals surface area contributed by atoms with E-state index in [1.807, 2.05) is 13.1 Å². The van der Waals surface area contributed by atoms with E-state index in [1.165, 1.54) is 0 Å². The van der Waals surface area contributed by atoms with Gasteiger partial charge in [-0.05, 0) is 52.8 Å². The van der Waals surface area contributed by atoms with E-state index in [0.29, 0.717) is 15.9 Å². The van der Waals surface area contributed by atoms with Gasteiger partial charge >= 0.3 is 0 Å². The molecule has 1 aliphatic heterocycles. The number of hydrogen-bond donors (Lipinski definition) is 2. The molecule has 2 N–H and O–H groups in total. The molecule has 7 heteroatoms. The highest BCUT2D eigenvalue weighted by Crippen LogP contribution is 2.25. The van der Waals surface area contributed by atoms with Crippen LogP contribution >= 0.6 is 27.7 Å². The molecule has 0 amide bonds. The van der Waals surface area contributed by atoms with Gasteiger partial charge in [-0.3, -0.25) is 0 Å². The van der Waals surface area contributed by atoms with Crippen LogP contribution in [0.4, 0.5) is 0 Å². The average molecular weight is 365 g/mol. The van der Waals surface area contributed by atoms with E-state index in [1.54, 1.807) is 23.9 Å². The molecule has 1 aliphatic rings. The van der Waals surface area contributed by atoms with Crippen molar-refractivity contribution in [2.75, 3.05) is 18.6 Å². The van der Waals surface area contributed by atoms with Crippen LogP contribution in [-0.4, -0.2) is 33.0 Å². The number of benzene rings is 1. The minimum atomic E-state index is -3.45. The first-order valence-corrected chi connectivity index (χ1v) is 9.49. The molecule has 0 bridgehead atoms. The van der Waals surface area contributed by atoms with E-state index >= 15 is 0 Å². The van der Waals surface area contributed by atoms with Crippen LogP contribution in [-0.2, 0) is 16.6 Å². The monoisotopic (exact) mass is 364 g/mol. The standard InChI is InChI=1S/C12H17BrN2O2S2/c1-14-7-9-2-3-11(13)12(6-9)19(16,17)15-10-4-5-18-8-10/h2-3,6,10,14-15H,4-5,7-8H2,1H3. The first-order valence-electron chi connectivity index (χ1n) is 6.06. The van der Waals surface area contributed by atoms with Gasteiger partial charge in [-0.2, -0.15) is 11.8 Å². The molecule has 106 valence electrons. The zero-order valence-corrected chi connectivity index (χ0v) is 13.9. The summed E-state index contributed by atoms with van der Waals surface area (Å²) in [5.74, 6) is 1.88. The van der Waals surface area contributed by atoms with Crippen molar-refractivity contribution in [2.24, 2.45) is 0 Å². The summed E-state index contributed by atoms with van der Waals surface area (Å²) in [7, 11) is -1.62. The Balaban J connectivity index is 2.25. The molecule has 1 heterocycles. The van der Waals surface area contributed by atoms with E-state index in [0.717, 1.165) is 23.5 Å². The quantitative estimate of drug-likeness (QED) is 0.838. The zero-order valence-electron chi connectivity index (χ0n) is 10.6. The molecule has 0 spiro atoms. The summed E-state index contributed by atoms with van der Waals surface area (Å²) in [5, 5.41) is 3.02. The minimum absolute atomic E-state index is 0.0508. The molecule has 1 saturated heterocycles. The fourth-order valence-electron chi connectivity index (χ4n) is 1.98. The molecular weight excluding hydrogens is 348 g/mol. The van der Waals surface area contributed by atoms with Gasteiger partial charge in [0.25, 0.3) is 0 Å². The number of halogens is 1. The Morgan fingerprint density at radius 2 is 2.26 bits per heavy atom. The first kappa shape index (κ1) is 15.3. The van der Waals surface area contributed by atoms with Crippen LogP contribution in [0.15, 0.2) is 27.6 Å². The summed E-state index contributed by atoms with van der Waals surface area (Å²) >= 11 is 5.11. The van der Waals surface area contributed by atoms with Crippen molar-refractivity contribution in [2.45, 2.75) is 23.9 Å². The number of rotatable bonds is 5. The van der Waals surface area contributed by atoms with Crippen LogP contribution in [0.5, 0.6) is 0 Å². The van der Waals surface area contributed by atoms with Crippen LogP contribution in [0.1, 0.15) is 12.0 Å². The summed E-state index contributed by atoms with van der Waals surface area (Å²) in [5.41, 5.74) is 0.951. The number of thioether (sulfide) groups is 1. The lowest BCUT2D eigenvalue weighted by molar-refractivity contribution is 0.562. The van der Waals surface area contributed by atoms with Gasteiger partial charge < -0.3 is 5.32 Å². The van der Waals surface area contributed by atoms with Gasteiger partial charge in [0.05, 0.1) is 4.90 Å². The first-order chi connectivity index (χ1) is 9.03. The number of sulfonamides is 1. The third-order valence-electron chi connectivity index (χ3n) is 2.92. The normalized spacial score (nSPS) is 19.8. The number of nitrogens with one attached hydrogen (secondary N) is 2. The van der Waals surface area contributed by atoms with Gasteiger partial charge in [0, 0.05) is 22.8 Å². The molecule has 0 aliphatic carbocycles. The molecule has 0 aromatic heterocycles. The third kappa shape index (κ3) is 3.95. The minimum Gasteiger partial charge on any atom is -0.316 e. The zero-order chi connectivity index (χ0) is 13.9. The summed E-state index contributed by atoms with van der Waals surface area (Å²) in [6, 6.07) is 5.45. The largest absolute Gasteiger partial charge is 0.316 e. The van der Waals surface area contributed by atoms with Crippen molar-refractivity contribution in [1.82, 2.24) is 10.0 Å². The van der Waals surface area contributed by atoms with Gasteiger partial charge in [0.15, 0.2) is 0 Å². The SMILES string of the molecule is CNCc1ccc(Br)c(S(=O)(=O)NC2CCSC2)c1. The summed E-state index contributed by atoms with van der Waals surface area (Å²) in [6.07, 6.45) is 0.901. The predicted molar refractivity (Wildman–Crippen MR) is 83.0 cm³/mol. The summed E-state index contributed by atoms with van der Waals surface area (Å²) in [4.78, 5) is 0.317. The lowest BCUT2D eigenvalue weighted by Crippen LogP contribution is -2.34. The Kier molecular flexibility index (Phi) is 5.30. The van der Waals surface area contributed by atoms with E-state index in [9.17, 15) is 8.42 Å². The molecule has 1 atom stereocenters. The van der Waals surface area contributed by atoms with Crippen molar-refractivity contribution >= 4 is 37.7 Å². The summed E-state index contributed by atoms with van der Waals surface area (Å²) < 4.78 is 28.2. The predicted octanol–water partition coefficient (Wildman–Crippen LogP) is 1.95. The second-order valence-corrected chi connectivity index (χ2v) is 8.16.